The fraction of sp³-hybridized carbons (Fsp3) is 0.273. The highest BCUT2D eigenvalue weighted by molar-refractivity contribution is 9.10. The number of halogens is 1. The topological polar surface area (TPSA) is 9.23 Å². The molecule has 0 fully saturated rings. The Morgan fingerprint density at radius 2 is 2.23 bits per heavy atom. The molecule has 1 aromatic carbocycles. The Morgan fingerprint density at radius 1 is 1.54 bits per heavy atom. The first-order valence-corrected chi connectivity index (χ1v) is 5.02. The molecule has 0 aliphatic rings. The highest BCUT2D eigenvalue weighted by Gasteiger charge is 2.04. The maximum Gasteiger partial charge on any atom is 0.120 e. The van der Waals surface area contributed by atoms with E-state index in [0.29, 0.717) is 6.61 Å². The molecule has 0 radical (unpaired) electrons. The summed E-state index contributed by atoms with van der Waals surface area (Å²) in [4.78, 5) is 0. The minimum absolute atomic E-state index is 0.652. The van der Waals surface area contributed by atoms with Gasteiger partial charge in [-0.25, -0.2) is 0 Å². The van der Waals surface area contributed by atoms with Gasteiger partial charge in [-0.1, -0.05) is 34.1 Å². The van der Waals surface area contributed by atoms with Crippen LogP contribution in [0.25, 0.3) is 5.76 Å². The standard InChI is InChI=1S/C11H13BrO/c1-4-13-9(3)10-7-8(2)5-6-11(10)12/h5-7H,3-4H2,1-2H3. The lowest BCUT2D eigenvalue weighted by atomic mass is 10.1. The zero-order valence-corrected chi connectivity index (χ0v) is 9.52. The Kier molecular flexibility index (Phi) is 3.55. The third-order valence-electron chi connectivity index (χ3n) is 1.74. The minimum Gasteiger partial charge on any atom is -0.494 e. The van der Waals surface area contributed by atoms with E-state index in [1.807, 2.05) is 19.1 Å². The molecular formula is C11H13BrO. The van der Waals surface area contributed by atoms with Crippen molar-refractivity contribution in [3.8, 4) is 0 Å². The number of rotatable bonds is 3. The van der Waals surface area contributed by atoms with Crippen molar-refractivity contribution in [3.05, 3.63) is 40.4 Å². The quantitative estimate of drug-likeness (QED) is 0.732. The molecule has 0 atom stereocenters. The molecule has 1 nitrogen and oxygen atoms in total. The second-order valence-corrected chi connectivity index (χ2v) is 3.69. The average Bonchev–Trinajstić information content (AvgIpc) is 2.09. The van der Waals surface area contributed by atoms with Crippen LogP contribution in [0.3, 0.4) is 0 Å². The smallest absolute Gasteiger partial charge is 0.120 e. The summed E-state index contributed by atoms with van der Waals surface area (Å²) in [6.07, 6.45) is 0. The monoisotopic (exact) mass is 240 g/mol. The van der Waals surface area contributed by atoms with Crippen LogP contribution in [-0.4, -0.2) is 6.61 Å². The van der Waals surface area contributed by atoms with Crippen LogP contribution in [0.4, 0.5) is 0 Å². The Hall–Kier alpha value is -0.760. The van der Waals surface area contributed by atoms with Gasteiger partial charge in [0.1, 0.15) is 5.76 Å². The molecule has 70 valence electrons. The van der Waals surface area contributed by atoms with Crippen molar-refractivity contribution in [2.45, 2.75) is 13.8 Å². The van der Waals surface area contributed by atoms with E-state index < -0.39 is 0 Å². The van der Waals surface area contributed by atoms with Gasteiger partial charge < -0.3 is 4.74 Å². The predicted octanol–water partition coefficient (Wildman–Crippen LogP) is 3.76. The molecule has 2 heteroatoms. The molecule has 0 heterocycles. The molecule has 0 saturated carbocycles. The summed E-state index contributed by atoms with van der Waals surface area (Å²) in [5, 5.41) is 0. The van der Waals surface area contributed by atoms with Crippen LogP contribution < -0.4 is 0 Å². The van der Waals surface area contributed by atoms with Crippen LogP contribution in [0.5, 0.6) is 0 Å². The lowest BCUT2D eigenvalue weighted by molar-refractivity contribution is 0.299. The fourth-order valence-corrected chi connectivity index (χ4v) is 1.57. The molecule has 13 heavy (non-hydrogen) atoms. The lowest BCUT2D eigenvalue weighted by Gasteiger charge is -2.09. The van der Waals surface area contributed by atoms with E-state index in [4.69, 9.17) is 4.74 Å². The summed E-state index contributed by atoms with van der Waals surface area (Å²) in [5.41, 5.74) is 2.24. The summed E-state index contributed by atoms with van der Waals surface area (Å²) in [5.74, 6) is 0.720. The van der Waals surface area contributed by atoms with Gasteiger partial charge in [0.15, 0.2) is 0 Å². The Labute approximate surface area is 87.5 Å². The summed E-state index contributed by atoms with van der Waals surface area (Å²) in [6, 6.07) is 6.11. The van der Waals surface area contributed by atoms with Crippen LogP contribution >= 0.6 is 15.9 Å². The molecule has 0 spiro atoms. The van der Waals surface area contributed by atoms with Crippen molar-refractivity contribution in [3.63, 3.8) is 0 Å². The first kappa shape index (κ1) is 10.3. The first-order valence-electron chi connectivity index (χ1n) is 4.23. The van der Waals surface area contributed by atoms with Crippen molar-refractivity contribution in [2.24, 2.45) is 0 Å². The van der Waals surface area contributed by atoms with Gasteiger partial charge in [-0.05, 0) is 26.0 Å². The SMILES string of the molecule is C=C(OCC)c1cc(C)ccc1Br. The first-order chi connectivity index (χ1) is 6.15. The number of benzene rings is 1. The van der Waals surface area contributed by atoms with Crippen molar-refractivity contribution < 1.29 is 4.74 Å². The van der Waals surface area contributed by atoms with Gasteiger partial charge >= 0.3 is 0 Å². The molecule has 0 saturated heterocycles. The summed E-state index contributed by atoms with van der Waals surface area (Å²) in [6.45, 7) is 8.52. The van der Waals surface area contributed by atoms with Crippen LogP contribution in [-0.2, 0) is 4.74 Å². The molecule has 1 rings (SSSR count). The third-order valence-corrected chi connectivity index (χ3v) is 2.43. The molecule has 0 aliphatic heterocycles. The maximum absolute atomic E-state index is 5.34. The fourth-order valence-electron chi connectivity index (χ4n) is 1.10. The van der Waals surface area contributed by atoms with Crippen LogP contribution in [0, 0.1) is 6.92 Å². The van der Waals surface area contributed by atoms with E-state index in [0.717, 1.165) is 15.8 Å². The van der Waals surface area contributed by atoms with E-state index in [2.05, 4.69) is 35.5 Å². The molecule has 0 amide bonds. The zero-order valence-electron chi connectivity index (χ0n) is 7.93. The van der Waals surface area contributed by atoms with E-state index >= 15 is 0 Å². The number of hydrogen-bond donors (Lipinski definition) is 0. The average molecular weight is 241 g/mol. The summed E-state index contributed by atoms with van der Waals surface area (Å²) >= 11 is 3.46. The van der Waals surface area contributed by atoms with E-state index in [9.17, 15) is 0 Å². The molecule has 0 aromatic heterocycles. The van der Waals surface area contributed by atoms with E-state index in [1.54, 1.807) is 0 Å². The maximum atomic E-state index is 5.34. The molecule has 0 unspecified atom stereocenters. The zero-order chi connectivity index (χ0) is 9.84. The number of ether oxygens (including phenoxy) is 1. The molecule has 0 N–H and O–H groups in total. The minimum atomic E-state index is 0.652. The van der Waals surface area contributed by atoms with Crippen LogP contribution in [0.2, 0.25) is 0 Å². The largest absolute Gasteiger partial charge is 0.494 e. The Morgan fingerprint density at radius 3 is 2.85 bits per heavy atom. The van der Waals surface area contributed by atoms with Gasteiger partial charge in [-0.3, -0.25) is 0 Å². The number of hydrogen-bond acceptors (Lipinski definition) is 1. The summed E-state index contributed by atoms with van der Waals surface area (Å²) < 4.78 is 6.36. The van der Waals surface area contributed by atoms with E-state index in [-0.39, 0.29) is 0 Å². The van der Waals surface area contributed by atoms with Gasteiger partial charge in [0, 0.05) is 10.0 Å². The van der Waals surface area contributed by atoms with Crippen molar-refractivity contribution in [1.29, 1.82) is 0 Å². The third kappa shape index (κ3) is 2.59. The van der Waals surface area contributed by atoms with Gasteiger partial charge in [-0.15, -0.1) is 0 Å². The summed E-state index contributed by atoms with van der Waals surface area (Å²) in [7, 11) is 0. The van der Waals surface area contributed by atoms with Gasteiger partial charge in [-0.2, -0.15) is 0 Å². The second-order valence-electron chi connectivity index (χ2n) is 2.84. The Bertz CT molecular complexity index is 318. The predicted molar refractivity (Wildman–Crippen MR) is 59.5 cm³/mol. The molecular weight excluding hydrogens is 228 g/mol. The van der Waals surface area contributed by atoms with Crippen molar-refractivity contribution in [2.75, 3.05) is 6.61 Å². The lowest BCUT2D eigenvalue weighted by Crippen LogP contribution is -1.91. The van der Waals surface area contributed by atoms with Crippen molar-refractivity contribution >= 4 is 21.7 Å². The molecule has 1 aromatic rings. The van der Waals surface area contributed by atoms with Crippen LogP contribution in [0.15, 0.2) is 29.3 Å². The number of aryl methyl sites for hydroxylation is 1. The van der Waals surface area contributed by atoms with E-state index in [1.165, 1.54) is 5.56 Å². The highest BCUT2D eigenvalue weighted by atomic mass is 79.9. The second kappa shape index (κ2) is 4.47. The van der Waals surface area contributed by atoms with Crippen LogP contribution in [0.1, 0.15) is 18.1 Å². The normalized spacial score (nSPS) is 9.77. The van der Waals surface area contributed by atoms with Gasteiger partial charge in [0.05, 0.1) is 6.61 Å². The molecule has 0 aliphatic carbocycles. The van der Waals surface area contributed by atoms with Crippen molar-refractivity contribution in [1.82, 2.24) is 0 Å². The van der Waals surface area contributed by atoms with Gasteiger partial charge in [0.2, 0.25) is 0 Å². The highest BCUT2D eigenvalue weighted by Crippen LogP contribution is 2.24. The van der Waals surface area contributed by atoms with Gasteiger partial charge in [0.25, 0.3) is 0 Å². The molecule has 0 bridgehead atoms. The Balaban J connectivity index is 2.99.